The molecule has 4 saturated carbocycles. The maximum absolute atomic E-state index is 12.4. The third-order valence-electron chi connectivity index (χ3n) is 5.31. The van der Waals surface area contributed by atoms with Crippen molar-refractivity contribution >= 4 is 11.8 Å². The van der Waals surface area contributed by atoms with Crippen LogP contribution in [0.4, 0.5) is 0 Å². The van der Waals surface area contributed by atoms with Gasteiger partial charge in [0, 0.05) is 11.8 Å². The highest BCUT2D eigenvalue weighted by atomic mass is 16.5. The fraction of sp³-hybridized carbons (Fsp3) is 0.867. The lowest BCUT2D eigenvalue weighted by Crippen LogP contribution is -2.55. The Labute approximate surface area is 108 Å². The molecular weight excluding hydrogens is 228 g/mol. The van der Waals surface area contributed by atoms with Crippen molar-refractivity contribution in [1.29, 1.82) is 0 Å². The van der Waals surface area contributed by atoms with E-state index in [0.717, 1.165) is 38.5 Å². The summed E-state index contributed by atoms with van der Waals surface area (Å²) in [6, 6.07) is 0. The van der Waals surface area contributed by atoms with Gasteiger partial charge in [0.1, 0.15) is 5.78 Å². The van der Waals surface area contributed by atoms with Gasteiger partial charge in [-0.1, -0.05) is 6.92 Å². The third kappa shape index (κ3) is 1.70. The number of ketones is 1. The van der Waals surface area contributed by atoms with E-state index in [1.54, 1.807) is 0 Å². The number of esters is 1. The maximum Gasteiger partial charge on any atom is 0.312 e. The monoisotopic (exact) mass is 250 g/mol. The van der Waals surface area contributed by atoms with E-state index in [1.165, 1.54) is 0 Å². The van der Waals surface area contributed by atoms with Crippen LogP contribution in [-0.4, -0.2) is 17.9 Å². The van der Waals surface area contributed by atoms with Gasteiger partial charge in [0.2, 0.25) is 0 Å². The highest BCUT2D eigenvalue weighted by molar-refractivity contribution is 5.89. The predicted molar refractivity (Wildman–Crippen MR) is 66.8 cm³/mol. The first-order valence-corrected chi connectivity index (χ1v) is 7.29. The molecule has 4 fully saturated rings. The number of ether oxygens (including phenoxy) is 1. The van der Waals surface area contributed by atoms with Gasteiger partial charge >= 0.3 is 5.97 Å². The molecule has 18 heavy (non-hydrogen) atoms. The van der Waals surface area contributed by atoms with E-state index in [0.29, 0.717) is 11.7 Å². The van der Waals surface area contributed by atoms with Crippen molar-refractivity contribution in [2.75, 3.05) is 0 Å². The summed E-state index contributed by atoms with van der Waals surface area (Å²) in [6.45, 7) is 3.98. The molecule has 0 heterocycles. The van der Waals surface area contributed by atoms with Crippen LogP contribution in [0.2, 0.25) is 0 Å². The first kappa shape index (κ1) is 12.2. The zero-order valence-corrected chi connectivity index (χ0v) is 11.3. The zero-order chi connectivity index (χ0) is 12.9. The van der Waals surface area contributed by atoms with Gasteiger partial charge in [-0.05, 0) is 51.4 Å². The van der Waals surface area contributed by atoms with Crippen LogP contribution in [0.15, 0.2) is 0 Å². The first-order chi connectivity index (χ1) is 8.54. The molecule has 100 valence electrons. The van der Waals surface area contributed by atoms with Gasteiger partial charge < -0.3 is 4.74 Å². The molecule has 3 unspecified atom stereocenters. The Hall–Kier alpha value is -0.860. The van der Waals surface area contributed by atoms with Gasteiger partial charge in [0.25, 0.3) is 0 Å². The average Bonchev–Trinajstić information content (AvgIpc) is 2.34. The minimum Gasteiger partial charge on any atom is -0.462 e. The summed E-state index contributed by atoms with van der Waals surface area (Å²) in [7, 11) is 0. The van der Waals surface area contributed by atoms with E-state index in [9.17, 15) is 9.59 Å². The molecule has 3 heteroatoms. The van der Waals surface area contributed by atoms with Crippen LogP contribution in [0.5, 0.6) is 0 Å². The molecule has 0 aromatic heterocycles. The Morgan fingerprint density at radius 2 is 1.94 bits per heavy atom. The number of Topliss-reactive ketones (excluding diaryl/α,β-unsaturated/α-hetero) is 1. The maximum atomic E-state index is 12.4. The van der Waals surface area contributed by atoms with Crippen LogP contribution in [0, 0.1) is 23.2 Å². The van der Waals surface area contributed by atoms with Gasteiger partial charge in [0.15, 0.2) is 0 Å². The number of hydrogen-bond donors (Lipinski definition) is 0. The van der Waals surface area contributed by atoms with Crippen LogP contribution < -0.4 is 0 Å². The van der Waals surface area contributed by atoms with E-state index >= 15 is 0 Å². The summed E-state index contributed by atoms with van der Waals surface area (Å²) in [4.78, 5) is 24.5. The summed E-state index contributed by atoms with van der Waals surface area (Å²) in [5.74, 6) is 1.30. The van der Waals surface area contributed by atoms with Crippen molar-refractivity contribution in [3.63, 3.8) is 0 Å². The third-order valence-corrected chi connectivity index (χ3v) is 5.31. The molecule has 4 bridgehead atoms. The predicted octanol–water partition coefficient (Wildman–Crippen LogP) is 2.72. The second-order valence-electron chi connectivity index (χ2n) is 6.65. The Kier molecular flexibility index (Phi) is 2.76. The van der Waals surface area contributed by atoms with Gasteiger partial charge in [-0.2, -0.15) is 0 Å². The quantitative estimate of drug-likeness (QED) is 0.723. The van der Waals surface area contributed by atoms with Crippen LogP contribution >= 0.6 is 0 Å². The Balaban J connectivity index is 1.79. The normalized spacial score (nSPS) is 43.0. The lowest BCUT2D eigenvalue weighted by molar-refractivity contribution is -0.178. The van der Waals surface area contributed by atoms with Crippen LogP contribution in [0.1, 0.15) is 52.4 Å². The Morgan fingerprint density at radius 1 is 1.33 bits per heavy atom. The molecule has 0 saturated heterocycles. The molecule has 0 N–H and O–H groups in total. The Bertz CT molecular complexity index is 369. The highest BCUT2D eigenvalue weighted by Crippen LogP contribution is 2.59. The Morgan fingerprint density at radius 3 is 2.50 bits per heavy atom. The second kappa shape index (κ2) is 4.07. The first-order valence-electron chi connectivity index (χ1n) is 7.29. The number of carbonyl (C=O) groups is 2. The zero-order valence-electron chi connectivity index (χ0n) is 11.3. The van der Waals surface area contributed by atoms with Crippen molar-refractivity contribution in [1.82, 2.24) is 0 Å². The van der Waals surface area contributed by atoms with Crippen LogP contribution in [-0.2, 0) is 14.3 Å². The molecule has 4 rings (SSSR count). The standard InChI is InChI=1S/C15H22O3/c1-3-9(2)18-14(17)15-6-10-4-11(7-15)13(16)12(5-10)8-15/h9-12H,3-8H2,1-2H3. The molecule has 4 aliphatic rings. The van der Waals surface area contributed by atoms with Crippen molar-refractivity contribution in [2.45, 2.75) is 58.5 Å². The fourth-order valence-corrected chi connectivity index (χ4v) is 4.39. The van der Waals surface area contributed by atoms with Gasteiger partial charge in [-0.25, -0.2) is 0 Å². The van der Waals surface area contributed by atoms with Crippen molar-refractivity contribution in [3.05, 3.63) is 0 Å². The van der Waals surface area contributed by atoms with E-state index in [1.807, 2.05) is 13.8 Å². The second-order valence-corrected chi connectivity index (χ2v) is 6.65. The molecule has 0 aromatic rings. The summed E-state index contributed by atoms with van der Waals surface area (Å²) in [6.07, 6.45) is 5.38. The minimum absolute atomic E-state index is 0.00112. The lowest BCUT2D eigenvalue weighted by Gasteiger charge is -2.54. The van der Waals surface area contributed by atoms with Crippen molar-refractivity contribution < 1.29 is 14.3 Å². The molecule has 0 spiro atoms. The molecule has 0 aromatic carbocycles. The minimum atomic E-state index is -0.312. The molecule has 0 aliphatic heterocycles. The SMILES string of the molecule is CCC(C)OC(=O)C12CC3CC(C1)C(=O)C(C3)C2. The summed E-state index contributed by atoms with van der Waals surface area (Å²) < 4.78 is 5.57. The average molecular weight is 250 g/mol. The van der Waals surface area contributed by atoms with Crippen LogP contribution in [0.3, 0.4) is 0 Å². The van der Waals surface area contributed by atoms with E-state index in [4.69, 9.17) is 4.74 Å². The fourth-order valence-electron chi connectivity index (χ4n) is 4.39. The topological polar surface area (TPSA) is 43.4 Å². The molecule has 0 radical (unpaired) electrons. The lowest BCUT2D eigenvalue weighted by atomic mass is 9.49. The number of hydrogen-bond acceptors (Lipinski definition) is 3. The number of carbonyl (C=O) groups excluding carboxylic acids is 2. The molecule has 4 aliphatic carbocycles. The summed E-state index contributed by atoms with van der Waals surface area (Å²) in [5, 5.41) is 0. The summed E-state index contributed by atoms with van der Waals surface area (Å²) in [5.41, 5.74) is -0.312. The van der Waals surface area contributed by atoms with E-state index in [2.05, 4.69) is 0 Å². The van der Waals surface area contributed by atoms with Crippen molar-refractivity contribution in [3.8, 4) is 0 Å². The van der Waals surface area contributed by atoms with Gasteiger partial charge in [-0.15, -0.1) is 0 Å². The van der Waals surface area contributed by atoms with Crippen molar-refractivity contribution in [2.24, 2.45) is 23.2 Å². The van der Waals surface area contributed by atoms with Gasteiger partial charge in [0.05, 0.1) is 11.5 Å². The molecule has 0 amide bonds. The molecule has 3 nitrogen and oxygen atoms in total. The largest absolute Gasteiger partial charge is 0.462 e. The van der Waals surface area contributed by atoms with Gasteiger partial charge in [-0.3, -0.25) is 9.59 Å². The smallest absolute Gasteiger partial charge is 0.312 e. The van der Waals surface area contributed by atoms with E-state index in [-0.39, 0.29) is 29.3 Å². The molecular formula is C15H22O3. The number of rotatable bonds is 3. The van der Waals surface area contributed by atoms with E-state index < -0.39 is 0 Å². The highest BCUT2D eigenvalue weighted by Gasteiger charge is 2.59. The van der Waals surface area contributed by atoms with Crippen LogP contribution in [0.25, 0.3) is 0 Å². The summed E-state index contributed by atoms with van der Waals surface area (Å²) >= 11 is 0. The molecule has 3 atom stereocenters.